The highest BCUT2D eigenvalue weighted by atomic mass is 16.5. The Morgan fingerprint density at radius 2 is 1.96 bits per heavy atom. The molecule has 5 heteroatoms. The van der Waals surface area contributed by atoms with E-state index in [1.807, 2.05) is 24.3 Å². The van der Waals surface area contributed by atoms with Gasteiger partial charge in [0.25, 0.3) is 0 Å². The summed E-state index contributed by atoms with van der Waals surface area (Å²) in [6.07, 6.45) is 3.21. The summed E-state index contributed by atoms with van der Waals surface area (Å²) < 4.78 is 5.21. The van der Waals surface area contributed by atoms with Crippen molar-refractivity contribution in [3.8, 4) is 5.75 Å². The average Bonchev–Trinajstić information content (AvgIpc) is 3.41. The molecule has 2 aliphatic rings. The molecule has 1 aliphatic heterocycles. The lowest BCUT2D eigenvalue weighted by Crippen LogP contribution is -2.54. The summed E-state index contributed by atoms with van der Waals surface area (Å²) in [5, 5.41) is 0. The van der Waals surface area contributed by atoms with E-state index in [1.165, 1.54) is 0 Å². The van der Waals surface area contributed by atoms with E-state index in [2.05, 4.69) is 23.6 Å². The van der Waals surface area contributed by atoms with Gasteiger partial charge in [0.1, 0.15) is 5.75 Å². The number of nitrogens with two attached hydrogens (primary N) is 1. The summed E-state index contributed by atoms with van der Waals surface area (Å²) in [5.74, 6) is 1.09. The van der Waals surface area contributed by atoms with Crippen LogP contribution in [0.3, 0.4) is 0 Å². The summed E-state index contributed by atoms with van der Waals surface area (Å²) in [6, 6.07) is 8.64. The molecule has 0 radical (unpaired) electrons. The molecular weight excluding hydrogens is 314 g/mol. The Morgan fingerprint density at radius 1 is 1.28 bits per heavy atom. The van der Waals surface area contributed by atoms with Crippen LogP contribution < -0.4 is 10.5 Å². The lowest BCUT2D eigenvalue weighted by Gasteiger charge is -2.42. The van der Waals surface area contributed by atoms with E-state index in [0.29, 0.717) is 19.1 Å². The number of ether oxygens (including phenoxy) is 1. The third-order valence-corrected chi connectivity index (χ3v) is 5.57. The van der Waals surface area contributed by atoms with E-state index < -0.39 is 0 Å². The van der Waals surface area contributed by atoms with Crippen molar-refractivity contribution in [3.05, 3.63) is 29.8 Å². The second-order valence-electron chi connectivity index (χ2n) is 8.20. The number of methoxy groups -OCH3 is 1. The highest BCUT2D eigenvalue weighted by Gasteiger charge is 2.37. The van der Waals surface area contributed by atoms with Gasteiger partial charge in [-0.2, -0.15) is 0 Å². The number of rotatable bonds is 6. The minimum absolute atomic E-state index is 0.0684. The minimum atomic E-state index is 0.0684. The first-order valence-electron chi connectivity index (χ1n) is 9.29. The fourth-order valence-corrected chi connectivity index (χ4v) is 3.64. The standard InChI is InChI=1S/C20H31N3O2/c1-20(2)14-22(11-10-18(20)21)13-19(24)23(16-6-7-16)12-15-4-8-17(25-3)9-5-15/h4-5,8-9,16,18H,6-7,10-14,21H2,1-3H3. The first-order valence-corrected chi connectivity index (χ1v) is 9.29. The molecule has 0 bridgehead atoms. The summed E-state index contributed by atoms with van der Waals surface area (Å²) in [6.45, 7) is 7.39. The van der Waals surface area contributed by atoms with Crippen LogP contribution in [0.4, 0.5) is 0 Å². The molecule has 0 spiro atoms. The quantitative estimate of drug-likeness (QED) is 0.859. The first kappa shape index (κ1) is 18.2. The molecule has 2 fully saturated rings. The van der Waals surface area contributed by atoms with Crippen LogP contribution in [-0.4, -0.2) is 54.5 Å². The maximum Gasteiger partial charge on any atom is 0.237 e. The Morgan fingerprint density at radius 3 is 2.52 bits per heavy atom. The van der Waals surface area contributed by atoms with Crippen LogP contribution in [-0.2, 0) is 11.3 Å². The minimum Gasteiger partial charge on any atom is -0.497 e. The molecule has 1 atom stereocenters. The number of amides is 1. The van der Waals surface area contributed by atoms with Crippen molar-refractivity contribution in [2.75, 3.05) is 26.7 Å². The Labute approximate surface area is 151 Å². The summed E-state index contributed by atoms with van der Waals surface area (Å²) in [7, 11) is 1.67. The fraction of sp³-hybridized carbons (Fsp3) is 0.650. The Hall–Kier alpha value is -1.59. The number of benzene rings is 1. The number of likely N-dealkylation sites (tertiary alicyclic amines) is 1. The normalized spacial score (nSPS) is 23.3. The van der Waals surface area contributed by atoms with Gasteiger partial charge in [-0.05, 0) is 42.4 Å². The van der Waals surface area contributed by atoms with Crippen LogP contribution in [0.25, 0.3) is 0 Å². The van der Waals surface area contributed by atoms with Crippen LogP contribution in [0.2, 0.25) is 0 Å². The Bertz CT molecular complexity index is 595. The molecule has 1 amide bonds. The van der Waals surface area contributed by atoms with Gasteiger partial charge in [-0.3, -0.25) is 9.69 Å². The van der Waals surface area contributed by atoms with Gasteiger partial charge in [-0.25, -0.2) is 0 Å². The van der Waals surface area contributed by atoms with Crippen LogP contribution in [0, 0.1) is 5.41 Å². The van der Waals surface area contributed by atoms with E-state index in [9.17, 15) is 4.79 Å². The molecule has 2 N–H and O–H groups in total. The largest absolute Gasteiger partial charge is 0.497 e. The molecule has 138 valence electrons. The lowest BCUT2D eigenvalue weighted by molar-refractivity contribution is -0.134. The summed E-state index contributed by atoms with van der Waals surface area (Å²) >= 11 is 0. The number of piperidine rings is 1. The molecule has 1 aromatic carbocycles. The molecule has 25 heavy (non-hydrogen) atoms. The number of nitrogens with zero attached hydrogens (tertiary/aromatic N) is 2. The molecule has 1 heterocycles. The monoisotopic (exact) mass is 345 g/mol. The molecule has 1 unspecified atom stereocenters. The number of hydrogen-bond donors (Lipinski definition) is 1. The maximum absolute atomic E-state index is 12.9. The van der Waals surface area contributed by atoms with Crippen LogP contribution in [0.1, 0.15) is 38.7 Å². The maximum atomic E-state index is 12.9. The zero-order chi connectivity index (χ0) is 18.0. The van der Waals surface area contributed by atoms with Gasteiger partial charge in [-0.1, -0.05) is 26.0 Å². The Balaban J connectivity index is 1.61. The van der Waals surface area contributed by atoms with Gasteiger partial charge in [0.2, 0.25) is 5.91 Å². The van der Waals surface area contributed by atoms with Gasteiger partial charge in [0, 0.05) is 31.7 Å². The smallest absolute Gasteiger partial charge is 0.237 e. The van der Waals surface area contributed by atoms with E-state index in [-0.39, 0.29) is 17.4 Å². The van der Waals surface area contributed by atoms with Crippen molar-refractivity contribution >= 4 is 5.91 Å². The molecule has 5 nitrogen and oxygen atoms in total. The SMILES string of the molecule is COc1ccc(CN(C(=O)CN2CCC(N)C(C)(C)C2)C2CC2)cc1. The second kappa shape index (κ2) is 7.34. The van der Waals surface area contributed by atoms with Crippen molar-refractivity contribution in [1.82, 2.24) is 9.80 Å². The number of hydrogen-bond acceptors (Lipinski definition) is 4. The highest BCUT2D eigenvalue weighted by Crippen LogP contribution is 2.30. The second-order valence-corrected chi connectivity index (χ2v) is 8.20. The third kappa shape index (κ3) is 4.53. The van der Waals surface area contributed by atoms with Crippen LogP contribution in [0.5, 0.6) is 5.75 Å². The number of carbonyl (C=O) groups excluding carboxylic acids is 1. The van der Waals surface area contributed by atoms with Crippen molar-refractivity contribution in [2.24, 2.45) is 11.1 Å². The molecule has 3 rings (SSSR count). The van der Waals surface area contributed by atoms with Crippen LogP contribution >= 0.6 is 0 Å². The first-order chi connectivity index (χ1) is 11.9. The highest BCUT2D eigenvalue weighted by molar-refractivity contribution is 5.79. The predicted octanol–water partition coefficient (Wildman–Crippen LogP) is 2.25. The van der Waals surface area contributed by atoms with Crippen molar-refractivity contribution in [1.29, 1.82) is 0 Å². The van der Waals surface area contributed by atoms with Gasteiger partial charge in [-0.15, -0.1) is 0 Å². The van der Waals surface area contributed by atoms with Gasteiger partial charge in [0.15, 0.2) is 0 Å². The van der Waals surface area contributed by atoms with Gasteiger partial charge in [0.05, 0.1) is 13.7 Å². The summed E-state index contributed by atoms with van der Waals surface area (Å²) in [4.78, 5) is 17.3. The van der Waals surface area contributed by atoms with Crippen LogP contribution in [0.15, 0.2) is 24.3 Å². The van der Waals surface area contributed by atoms with E-state index in [0.717, 1.165) is 43.7 Å². The Kier molecular flexibility index (Phi) is 5.35. The lowest BCUT2D eigenvalue weighted by atomic mass is 9.80. The van der Waals surface area contributed by atoms with Gasteiger partial charge < -0.3 is 15.4 Å². The van der Waals surface area contributed by atoms with Gasteiger partial charge >= 0.3 is 0 Å². The van der Waals surface area contributed by atoms with E-state index in [1.54, 1.807) is 7.11 Å². The van der Waals surface area contributed by atoms with E-state index >= 15 is 0 Å². The topological polar surface area (TPSA) is 58.8 Å². The van der Waals surface area contributed by atoms with Crippen molar-refractivity contribution in [3.63, 3.8) is 0 Å². The molecule has 1 aliphatic carbocycles. The zero-order valence-corrected chi connectivity index (χ0v) is 15.7. The molecule has 1 aromatic rings. The number of carbonyl (C=O) groups is 1. The average molecular weight is 345 g/mol. The van der Waals surface area contributed by atoms with Crippen molar-refractivity contribution in [2.45, 2.75) is 51.7 Å². The zero-order valence-electron chi connectivity index (χ0n) is 15.7. The summed E-state index contributed by atoms with van der Waals surface area (Å²) in [5.41, 5.74) is 7.44. The molecular formula is C20H31N3O2. The van der Waals surface area contributed by atoms with Crippen molar-refractivity contribution < 1.29 is 9.53 Å². The third-order valence-electron chi connectivity index (χ3n) is 5.57. The molecule has 1 saturated carbocycles. The predicted molar refractivity (Wildman–Crippen MR) is 99.4 cm³/mol. The molecule has 1 saturated heterocycles. The molecule has 0 aromatic heterocycles. The van der Waals surface area contributed by atoms with E-state index in [4.69, 9.17) is 10.5 Å². The fourth-order valence-electron chi connectivity index (χ4n) is 3.64.